The SMILES string of the molecule is CCn1c(Sc2ccc(C#N)nn2)nnc1-c1ccc(Cl)cc1. The van der Waals surface area contributed by atoms with Crippen molar-refractivity contribution in [2.24, 2.45) is 0 Å². The standard InChI is InChI=1S/C15H11ClN6S/c1-2-22-14(10-3-5-11(16)6-4-10)20-21-15(22)23-13-8-7-12(9-17)18-19-13/h3-8H,2H2,1H3. The fourth-order valence-corrected chi connectivity index (χ4v) is 2.93. The molecule has 0 unspecified atom stereocenters. The molecule has 114 valence electrons. The van der Waals surface area contributed by atoms with Gasteiger partial charge in [-0.3, -0.25) is 0 Å². The lowest BCUT2D eigenvalue weighted by Crippen LogP contribution is -2.00. The highest BCUT2D eigenvalue weighted by Crippen LogP contribution is 2.28. The summed E-state index contributed by atoms with van der Waals surface area (Å²) in [5.74, 6) is 0.772. The molecule has 8 heteroatoms. The van der Waals surface area contributed by atoms with E-state index in [0.29, 0.717) is 10.0 Å². The van der Waals surface area contributed by atoms with Gasteiger partial charge in [-0.2, -0.15) is 5.26 Å². The van der Waals surface area contributed by atoms with Crippen LogP contribution in [0.5, 0.6) is 0 Å². The lowest BCUT2D eigenvalue weighted by Gasteiger charge is -2.06. The summed E-state index contributed by atoms with van der Waals surface area (Å²) in [6, 6.07) is 12.8. The second-order valence-electron chi connectivity index (χ2n) is 4.53. The smallest absolute Gasteiger partial charge is 0.197 e. The summed E-state index contributed by atoms with van der Waals surface area (Å²) in [5, 5.41) is 27.1. The lowest BCUT2D eigenvalue weighted by atomic mass is 10.2. The van der Waals surface area contributed by atoms with Crippen molar-refractivity contribution in [2.45, 2.75) is 23.7 Å². The van der Waals surface area contributed by atoms with Crippen LogP contribution >= 0.6 is 23.4 Å². The molecule has 0 N–H and O–H groups in total. The molecule has 6 nitrogen and oxygen atoms in total. The number of rotatable bonds is 4. The van der Waals surface area contributed by atoms with Crippen LogP contribution in [0.3, 0.4) is 0 Å². The molecule has 0 bridgehead atoms. The van der Waals surface area contributed by atoms with Crippen LogP contribution in [0.2, 0.25) is 5.02 Å². The van der Waals surface area contributed by atoms with Crippen LogP contribution in [0.1, 0.15) is 12.6 Å². The molecular weight excluding hydrogens is 332 g/mol. The average molecular weight is 343 g/mol. The topological polar surface area (TPSA) is 80.3 Å². The molecule has 0 saturated heterocycles. The van der Waals surface area contributed by atoms with E-state index in [9.17, 15) is 0 Å². The predicted molar refractivity (Wildman–Crippen MR) is 87.0 cm³/mol. The molecule has 23 heavy (non-hydrogen) atoms. The van der Waals surface area contributed by atoms with Crippen molar-refractivity contribution >= 4 is 23.4 Å². The minimum atomic E-state index is 0.285. The lowest BCUT2D eigenvalue weighted by molar-refractivity contribution is 0.686. The van der Waals surface area contributed by atoms with Crippen molar-refractivity contribution in [1.82, 2.24) is 25.0 Å². The zero-order valence-corrected chi connectivity index (χ0v) is 13.7. The van der Waals surface area contributed by atoms with Crippen LogP contribution in [-0.2, 0) is 6.54 Å². The van der Waals surface area contributed by atoms with Gasteiger partial charge in [-0.15, -0.1) is 20.4 Å². The maximum Gasteiger partial charge on any atom is 0.197 e. The number of hydrogen-bond donors (Lipinski definition) is 0. The van der Waals surface area contributed by atoms with E-state index < -0.39 is 0 Å². The fraction of sp³-hybridized carbons (Fsp3) is 0.133. The third-order valence-electron chi connectivity index (χ3n) is 3.09. The first-order valence-corrected chi connectivity index (χ1v) is 8.01. The molecule has 0 aliphatic rings. The van der Waals surface area contributed by atoms with Gasteiger partial charge in [-0.25, -0.2) is 0 Å². The molecule has 2 aromatic heterocycles. The summed E-state index contributed by atoms with van der Waals surface area (Å²) in [6.45, 7) is 2.74. The highest BCUT2D eigenvalue weighted by Gasteiger charge is 2.14. The molecule has 0 amide bonds. The van der Waals surface area contributed by atoms with Gasteiger partial charge >= 0.3 is 0 Å². The second-order valence-corrected chi connectivity index (χ2v) is 5.95. The molecule has 2 heterocycles. The summed E-state index contributed by atoms with van der Waals surface area (Å²) in [7, 11) is 0. The minimum Gasteiger partial charge on any atom is -0.302 e. The van der Waals surface area contributed by atoms with Gasteiger partial charge in [0.05, 0.1) is 0 Å². The van der Waals surface area contributed by atoms with E-state index in [-0.39, 0.29) is 5.69 Å². The minimum absolute atomic E-state index is 0.285. The van der Waals surface area contributed by atoms with E-state index in [4.69, 9.17) is 16.9 Å². The van der Waals surface area contributed by atoms with Gasteiger partial charge in [-0.1, -0.05) is 11.6 Å². The third kappa shape index (κ3) is 3.33. The van der Waals surface area contributed by atoms with Crippen LogP contribution in [0, 0.1) is 11.3 Å². The Morgan fingerprint density at radius 1 is 1.09 bits per heavy atom. The van der Waals surface area contributed by atoms with E-state index in [1.807, 2.05) is 41.8 Å². The van der Waals surface area contributed by atoms with Gasteiger partial charge in [0.2, 0.25) is 0 Å². The van der Waals surface area contributed by atoms with Gasteiger partial charge < -0.3 is 4.57 Å². The molecule has 0 aliphatic carbocycles. The monoisotopic (exact) mass is 342 g/mol. The first kappa shape index (κ1) is 15.5. The quantitative estimate of drug-likeness (QED) is 0.722. The van der Waals surface area contributed by atoms with Crippen molar-refractivity contribution < 1.29 is 0 Å². The molecule has 0 atom stereocenters. The number of benzene rings is 1. The Balaban J connectivity index is 1.91. The summed E-state index contributed by atoms with van der Waals surface area (Å²) < 4.78 is 1.99. The van der Waals surface area contributed by atoms with Crippen molar-refractivity contribution in [3.8, 4) is 17.5 Å². The maximum absolute atomic E-state index is 8.75. The van der Waals surface area contributed by atoms with Crippen LogP contribution in [0.4, 0.5) is 0 Å². The number of nitrogens with zero attached hydrogens (tertiary/aromatic N) is 6. The normalized spacial score (nSPS) is 10.5. The Kier molecular flexibility index (Phi) is 4.55. The molecule has 3 aromatic rings. The van der Waals surface area contributed by atoms with Gasteiger partial charge in [0, 0.05) is 17.1 Å². The van der Waals surface area contributed by atoms with E-state index in [2.05, 4.69) is 20.4 Å². The van der Waals surface area contributed by atoms with Gasteiger partial charge in [-0.05, 0) is 55.1 Å². The predicted octanol–water partition coefficient (Wildman–Crippen LogP) is 3.43. The zero-order valence-electron chi connectivity index (χ0n) is 12.1. The summed E-state index contributed by atoms with van der Waals surface area (Å²) >= 11 is 7.28. The first-order chi connectivity index (χ1) is 11.2. The number of halogens is 1. The first-order valence-electron chi connectivity index (χ1n) is 6.82. The van der Waals surface area contributed by atoms with E-state index in [1.165, 1.54) is 11.8 Å². The summed E-state index contributed by atoms with van der Waals surface area (Å²) in [5.41, 5.74) is 1.23. The zero-order chi connectivity index (χ0) is 16.2. The van der Waals surface area contributed by atoms with Gasteiger partial charge in [0.15, 0.2) is 16.7 Å². The van der Waals surface area contributed by atoms with Crippen molar-refractivity contribution in [1.29, 1.82) is 5.26 Å². The molecule has 0 fully saturated rings. The number of aromatic nitrogens is 5. The van der Waals surface area contributed by atoms with Crippen LogP contribution < -0.4 is 0 Å². The fourth-order valence-electron chi connectivity index (χ4n) is 1.99. The average Bonchev–Trinajstić information content (AvgIpc) is 2.99. The second kappa shape index (κ2) is 6.77. The Morgan fingerprint density at radius 3 is 2.48 bits per heavy atom. The summed E-state index contributed by atoms with van der Waals surface area (Å²) in [4.78, 5) is 0. The Hall–Kier alpha value is -2.43. The van der Waals surface area contributed by atoms with Crippen molar-refractivity contribution in [3.63, 3.8) is 0 Å². The Morgan fingerprint density at radius 2 is 1.87 bits per heavy atom. The highest BCUT2D eigenvalue weighted by molar-refractivity contribution is 7.99. The van der Waals surface area contributed by atoms with E-state index in [0.717, 1.165) is 23.1 Å². The molecule has 0 radical (unpaired) electrons. The maximum atomic E-state index is 8.75. The van der Waals surface area contributed by atoms with Crippen LogP contribution in [0.25, 0.3) is 11.4 Å². The summed E-state index contributed by atoms with van der Waals surface area (Å²) in [6.07, 6.45) is 0. The Bertz CT molecular complexity index is 851. The largest absolute Gasteiger partial charge is 0.302 e. The van der Waals surface area contributed by atoms with Gasteiger partial charge in [0.1, 0.15) is 11.1 Å². The number of hydrogen-bond acceptors (Lipinski definition) is 6. The molecule has 0 saturated carbocycles. The highest BCUT2D eigenvalue weighted by atomic mass is 35.5. The van der Waals surface area contributed by atoms with Gasteiger partial charge in [0.25, 0.3) is 0 Å². The molecule has 1 aromatic carbocycles. The van der Waals surface area contributed by atoms with Crippen LogP contribution in [-0.4, -0.2) is 25.0 Å². The van der Waals surface area contributed by atoms with E-state index in [1.54, 1.807) is 12.1 Å². The van der Waals surface area contributed by atoms with E-state index >= 15 is 0 Å². The van der Waals surface area contributed by atoms with Crippen molar-refractivity contribution in [3.05, 3.63) is 47.1 Å². The third-order valence-corrected chi connectivity index (χ3v) is 4.25. The molecule has 3 rings (SSSR count). The molecule has 0 aliphatic heterocycles. The Labute approximate surface area is 142 Å². The molecule has 0 spiro atoms. The molecular formula is C15H11ClN6S. The van der Waals surface area contributed by atoms with Crippen LogP contribution in [0.15, 0.2) is 46.6 Å². The number of nitriles is 1. The van der Waals surface area contributed by atoms with Crippen molar-refractivity contribution in [2.75, 3.05) is 0 Å².